The Balaban J connectivity index is 0. The zero-order chi connectivity index (χ0) is 33.3. The summed E-state index contributed by atoms with van der Waals surface area (Å²) in [4.78, 5) is 27.1. The second-order valence-corrected chi connectivity index (χ2v) is 11.8. The number of ether oxygens (including phenoxy) is 1. The summed E-state index contributed by atoms with van der Waals surface area (Å²) in [6, 6.07) is 0. The maximum Gasteiger partial charge on any atom is 0.211 e. The van der Waals surface area contributed by atoms with Crippen LogP contribution in [0.25, 0.3) is 11.1 Å². The number of unbranched alkanes of at least 4 members (excludes halogenated alkanes) is 2. The van der Waals surface area contributed by atoms with Gasteiger partial charge >= 0.3 is 0 Å². The van der Waals surface area contributed by atoms with Crippen LogP contribution >= 0.6 is 11.3 Å². The van der Waals surface area contributed by atoms with E-state index < -0.39 is 0 Å². The molecule has 0 spiro atoms. The summed E-state index contributed by atoms with van der Waals surface area (Å²) in [6.45, 7) is 27.3. The molecule has 1 heterocycles. The molecule has 1 aromatic rings. The molecule has 0 aliphatic rings. The quantitative estimate of drug-likeness (QED) is 0.0822. The molecule has 0 saturated carbocycles. The van der Waals surface area contributed by atoms with Crippen LogP contribution in [0.5, 0.6) is 0 Å². The molecule has 0 aliphatic heterocycles. The Morgan fingerprint density at radius 3 is 2.23 bits per heavy atom. The molecular weight excluding hydrogens is 552 g/mol. The van der Waals surface area contributed by atoms with Crippen molar-refractivity contribution in [2.75, 3.05) is 6.61 Å². The molecule has 0 atom stereocenters. The lowest BCUT2D eigenvalue weighted by Gasteiger charge is -2.23. The number of carbonyl (C=O) groups excluding carboxylic acids is 2. The molecule has 0 aromatic carbocycles. The highest BCUT2D eigenvalue weighted by molar-refractivity contribution is 7.10. The van der Waals surface area contributed by atoms with E-state index in [1.54, 1.807) is 12.2 Å². The van der Waals surface area contributed by atoms with E-state index in [0.29, 0.717) is 12.0 Å². The largest absolute Gasteiger partial charge is 0.376 e. The van der Waals surface area contributed by atoms with E-state index in [1.165, 1.54) is 55.7 Å². The lowest BCUT2D eigenvalue weighted by molar-refractivity contribution is -0.113. The molecule has 0 unspecified atom stereocenters. The first-order valence-corrected chi connectivity index (χ1v) is 16.7. The van der Waals surface area contributed by atoms with Gasteiger partial charge in [-0.05, 0) is 78.0 Å². The summed E-state index contributed by atoms with van der Waals surface area (Å²) >= 11 is 1.53. The minimum atomic E-state index is -0.125. The predicted octanol–water partition coefficient (Wildman–Crippen LogP) is 10.8. The minimum Gasteiger partial charge on any atom is -0.376 e. The molecule has 0 saturated heterocycles. The molecule has 6 heteroatoms. The molecule has 242 valence electrons. The Bertz CT molecular complexity index is 1100. The number of ketones is 1. The Kier molecular flexibility index (Phi) is 25.2. The molecule has 0 bridgehead atoms. The monoisotopic (exact) mass is 612 g/mol. The van der Waals surface area contributed by atoms with Crippen molar-refractivity contribution < 1.29 is 14.3 Å². The van der Waals surface area contributed by atoms with Crippen molar-refractivity contribution in [2.45, 2.75) is 127 Å². The second kappa shape index (κ2) is 25.6. The lowest BCUT2D eigenvalue weighted by Crippen LogP contribution is -2.23. The third-order valence-electron chi connectivity index (χ3n) is 6.36. The van der Waals surface area contributed by atoms with E-state index >= 15 is 0 Å². The number of hydrogen-bond donors (Lipinski definition) is 1. The third-order valence-corrected chi connectivity index (χ3v) is 7.34. The summed E-state index contributed by atoms with van der Waals surface area (Å²) in [6.07, 6.45) is 19.8. The maximum atomic E-state index is 11.8. The van der Waals surface area contributed by atoms with E-state index in [9.17, 15) is 9.59 Å². The van der Waals surface area contributed by atoms with Gasteiger partial charge in [-0.2, -0.15) is 0 Å². The van der Waals surface area contributed by atoms with E-state index in [0.717, 1.165) is 53.3 Å². The van der Waals surface area contributed by atoms with Crippen LogP contribution in [0.3, 0.4) is 0 Å². The topological polar surface area (TPSA) is 68.3 Å². The average molecular weight is 613 g/mol. The van der Waals surface area contributed by atoms with Gasteiger partial charge in [0.1, 0.15) is 5.01 Å². The van der Waals surface area contributed by atoms with Gasteiger partial charge in [0.2, 0.25) is 6.41 Å². The normalized spacial score (nSPS) is 13.0. The smallest absolute Gasteiger partial charge is 0.211 e. The summed E-state index contributed by atoms with van der Waals surface area (Å²) < 4.78 is 5.68. The van der Waals surface area contributed by atoms with E-state index in [2.05, 4.69) is 79.4 Å². The molecule has 1 rings (SSSR count). The zero-order valence-corrected chi connectivity index (χ0v) is 29.9. The third kappa shape index (κ3) is 19.1. The van der Waals surface area contributed by atoms with Gasteiger partial charge in [-0.1, -0.05) is 96.8 Å². The Morgan fingerprint density at radius 1 is 1.09 bits per heavy atom. The van der Waals surface area contributed by atoms with Gasteiger partial charge in [0.05, 0.1) is 11.3 Å². The van der Waals surface area contributed by atoms with E-state index in [-0.39, 0.29) is 11.4 Å². The van der Waals surface area contributed by atoms with Crippen LogP contribution < -0.4 is 5.32 Å². The van der Waals surface area contributed by atoms with Gasteiger partial charge in [-0.25, -0.2) is 4.98 Å². The molecule has 1 aromatic heterocycles. The fourth-order valence-corrected chi connectivity index (χ4v) is 4.42. The minimum absolute atomic E-state index is 0.0910. The van der Waals surface area contributed by atoms with E-state index in [1.807, 2.05) is 25.3 Å². The molecule has 0 radical (unpaired) electrons. The molecular formula is C37H60N2O3S. The molecule has 0 fully saturated rings. The SMILES string of the molecule is C=C\C=C/C(=C(\C)CCC)C(=C\C)/c1csc(/C(C)=C/C(=C\NC=O)C(C)=O)n1.CCC.CCCCCOC(C)(C)CC. The number of Topliss-reactive ketones (excluding diaryl/α,β-unsaturated/α-hetero) is 1. The van der Waals surface area contributed by atoms with Crippen molar-refractivity contribution in [3.05, 3.63) is 76.0 Å². The van der Waals surface area contributed by atoms with Crippen molar-refractivity contribution >= 4 is 34.7 Å². The number of carbonyl (C=O) groups is 2. The molecule has 0 aliphatic carbocycles. The van der Waals surface area contributed by atoms with Crippen molar-refractivity contribution in [1.29, 1.82) is 0 Å². The van der Waals surface area contributed by atoms with Crippen LogP contribution in [0.15, 0.2) is 65.3 Å². The number of hydrogen-bond acceptors (Lipinski definition) is 5. The van der Waals surface area contributed by atoms with Gasteiger partial charge in [0.25, 0.3) is 0 Å². The highest BCUT2D eigenvalue weighted by Gasteiger charge is 2.14. The van der Waals surface area contributed by atoms with Crippen molar-refractivity contribution in [1.82, 2.24) is 10.3 Å². The van der Waals surface area contributed by atoms with Crippen LogP contribution in [0.1, 0.15) is 132 Å². The Labute approximate surface area is 268 Å². The molecule has 5 nitrogen and oxygen atoms in total. The average Bonchev–Trinajstić information content (AvgIpc) is 3.46. The van der Waals surface area contributed by atoms with Crippen molar-refractivity contribution in [3.8, 4) is 0 Å². The van der Waals surface area contributed by atoms with Gasteiger partial charge in [0, 0.05) is 29.3 Å². The first-order valence-electron chi connectivity index (χ1n) is 15.8. The number of aromatic nitrogens is 1. The van der Waals surface area contributed by atoms with Gasteiger partial charge in [-0.3, -0.25) is 9.59 Å². The molecule has 1 amide bonds. The van der Waals surface area contributed by atoms with Gasteiger partial charge in [0.15, 0.2) is 5.78 Å². The van der Waals surface area contributed by atoms with Crippen LogP contribution in [0.4, 0.5) is 0 Å². The number of amides is 1. The first kappa shape index (κ1) is 42.3. The fourth-order valence-electron chi connectivity index (χ4n) is 3.62. The van der Waals surface area contributed by atoms with Crippen LogP contribution in [-0.2, 0) is 14.3 Å². The van der Waals surface area contributed by atoms with Crippen molar-refractivity contribution in [2.24, 2.45) is 0 Å². The number of allylic oxidation sites excluding steroid dienone is 10. The lowest BCUT2D eigenvalue weighted by atomic mass is 9.95. The first-order chi connectivity index (χ1) is 20.4. The second-order valence-electron chi connectivity index (χ2n) is 10.9. The standard InChI is InChI=1S/C24H30N2O2S.C10H22O.C3H8/c1-7-10-12-22(17(4)11-8-2)21(9-3)23-15-29-24(26-23)18(5)13-20(19(6)28)14-25-16-27;1-5-7-8-9-11-10(3,4)6-2;1-3-2/h7,9-10,12-16H,1,8,11H2,2-6H3,(H,25,27);5-9H2,1-4H3;3H2,1-2H3/b12-10-,18-13+,20-14+,21-9+,22-17-;;. The number of rotatable bonds is 17. The number of nitrogens with one attached hydrogen (secondary N) is 1. The molecule has 1 N–H and O–H groups in total. The number of nitrogens with zero attached hydrogens (tertiary/aromatic N) is 1. The fraction of sp³-hybridized carbons (Fsp3) is 0.541. The van der Waals surface area contributed by atoms with Gasteiger partial charge in [-0.15, -0.1) is 11.3 Å². The Hall–Kier alpha value is -2.83. The van der Waals surface area contributed by atoms with Crippen LogP contribution in [-0.4, -0.2) is 29.4 Å². The van der Waals surface area contributed by atoms with Crippen LogP contribution in [0, 0.1) is 0 Å². The Morgan fingerprint density at radius 2 is 1.74 bits per heavy atom. The summed E-state index contributed by atoms with van der Waals surface area (Å²) in [5.41, 5.74) is 5.82. The maximum absolute atomic E-state index is 11.8. The summed E-state index contributed by atoms with van der Waals surface area (Å²) in [5, 5.41) is 5.28. The van der Waals surface area contributed by atoms with Crippen LogP contribution in [0.2, 0.25) is 0 Å². The summed E-state index contributed by atoms with van der Waals surface area (Å²) in [7, 11) is 0. The van der Waals surface area contributed by atoms with E-state index in [4.69, 9.17) is 9.72 Å². The zero-order valence-electron chi connectivity index (χ0n) is 29.1. The van der Waals surface area contributed by atoms with Gasteiger partial charge < -0.3 is 10.1 Å². The van der Waals surface area contributed by atoms with Crippen molar-refractivity contribution in [3.63, 3.8) is 0 Å². The molecule has 43 heavy (non-hydrogen) atoms. The predicted molar refractivity (Wildman–Crippen MR) is 190 cm³/mol. The highest BCUT2D eigenvalue weighted by atomic mass is 32.1. The number of thiazole rings is 1. The summed E-state index contributed by atoms with van der Waals surface area (Å²) in [5.74, 6) is -0.125. The highest BCUT2D eigenvalue weighted by Crippen LogP contribution is 2.31.